The summed E-state index contributed by atoms with van der Waals surface area (Å²) in [5.41, 5.74) is 0. The van der Waals surface area contributed by atoms with E-state index in [-0.39, 0.29) is 21.6 Å². The molecule has 1 rings (SSSR count). The first-order valence-corrected chi connectivity index (χ1v) is 7.64. The van der Waals surface area contributed by atoms with Gasteiger partial charge in [-0.2, -0.15) is 0 Å². The molecule has 0 radical (unpaired) electrons. The Hall–Kier alpha value is -0.470. The Morgan fingerprint density at radius 1 is 1.47 bits per heavy atom. The average molecular weight is 325 g/mol. The predicted molar refractivity (Wildman–Crippen MR) is 67.9 cm³/mol. The van der Waals surface area contributed by atoms with Crippen molar-refractivity contribution in [3.8, 4) is 0 Å². The summed E-state index contributed by atoms with van der Waals surface area (Å²) >= 11 is 3.09. The summed E-state index contributed by atoms with van der Waals surface area (Å²) < 4.78 is 28.5. The smallest absolute Gasteiger partial charge is 0.235 e. The number of hydrogen-bond acceptors (Lipinski definition) is 4. The van der Waals surface area contributed by atoms with E-state index in [9.17, 15) is 8.42 Å². The zero-order valence-electron chi connectivity index (χ0n) is 10.3. The van der Waals surface area contributed by atoms with E-state index in [1.54, 1.807) is 7.05 Å². The van der Waals surface area contributed by atoms with E-state index >= 15 is 0 Å². The van der Waals surface area contributed by atoms with Gasteiger partial charge < -0.3 is 0 Å². The monoisotopic (exact) mass is 324 g/mol. The predicted octanol–water partition coefficient (Wildman–Crippen LogP) is 1.29. The van der Waals surface area contributed by atoms with Crippen molar-refractivity contribution in [1.82, 2.24) is 19.7 Å². The molecule has 0 spiro atoms. The fourth-order valence-corrected chi connectivity index (χ4v) is 4.12. The van der Waals surface area contributed by atoms with Gasteiger partial charge in [0, 0.05) is 13.1 Å². The first kappa shape index (κ1) is 14.6. The lowest BCUT2D eigenvalue weighted by Crippen LogP contribution is -2.38. The molecule has 0 saturated carbocycles. The topological polar surface area (TPSA) is 76.9 Å². The van der Waals surface area contributed by atoms with E-state index in [0.29, 0.717) is 0 Å². The van der Waals surface area contributed by atoms with Crippen LogP contribution in [0.25, 0.3) is 0 Å². The maximum absolute atomic E-state index is 12.2. The molecule has 0 aliphatic heterocycles. The summed E-state index contributed by atoms with van der Waals surface area (Å²) in [5.74, 6) is 0.231. The Morgan fingerprint density at radius 3 is 2.41 bits per heavy atom. The third kappa shape index (κ3) is 3.26. The minimum absolute atomic E-state index is 0.0524. The summed E-state index contributed by atoms with van der Waals surface area (Å²) in [7, 11) is -2.05. The number of halogens is 1. The fourth-order valence-electron chi connectivity index (χ4n) is 1.55. The van der Waals surface area contributed by atoms with Gasteiger partial charge in [0.25, 0.3) is 10.0 Å². The Bertz CT molecular complexity index is 464. The molecule has 0 fully saturated rings. The van der Waals surface area contributed by atoms with Crippen molar-refractivity contribution < 1.29 is 8.42 Å². The van der Waals surface area contributed by atoms with Gasteiger partial charge in [-0.3, -0.25) is 0 Å². The lowest BCUT2D eigenvalue weighted by Gasteiger charge is -2.20. The highest BCUT2D eigenvalue weighted by molar-refractivity contribution is 9.10. The van der Waals surface area contributed by atoms with Crippen LogP contribution in [0, 0.1) is 5.92 Å². The van der Waals surface area contributed by atoms with Gasteiger partial charge in [0.2, 0.25) is 5.03 Å². The van der Waals surface area contributed by atoms with Crippen LogP contribution in [-0.4, -0.2) is 29.5 Å². The highest BCUT2D eigenvalue weighted by Gasteiger charge is 2.27. The number of aryl methyl sites for hydroxylation is 1. The van der Waals surface area contributed by atoms with Crippen LogP contribution in [0.15, 0.2) is 9.63 Å². The van der Waals surface area contributed by atoms with Gasteiger partial charge in [-0.1, -0.05) is 26.0 Å². The van der Waals surface area contributed by atoms with Crippen LogP contribution in [0.3, 0.4) is 0 Å². The lowest BCUT2D eigenvalue weighted by molar-refractivity contribution is 0.434. The van der Waals surface area contributed by atoms with Crippen molar-refractivity contribution in [2.24, 2.45) is 13.0 Å². The largest absolute Gasteiger partial charge is 0.260 e. The Kier molecular flexibility index (Phi) is 4.68. The Morgan fingerprint density at radius 2 is 2.06 bits per heavy atom. The van der Waals surface area contributed by atoms with Crippen LogP contribution in [0.4, 0.5) is 0 Å². The molecule has 0 aliphatic carbocycles. The van der Waals surface area contributed by atoms with Crippen LogP contribution >= 0.6 is 15.9 Å². The second-order valence-electron chi connectivity index (χ2n) is 4.19. The third-order valence-electron chi connectivity index (χ3n) is 2.54. The normalized spacial score (nSPS) is 14.2. The van der Waals surface area contributed by atoms with Crippen molar-refractivity contribution in [1.29, 1.82) is 0 Å². The summed E-state index contributed by atoms with van der Waals surface area (Å²) in [4.78, 5) is 0. The molecule has 98 valence electrons. The van der Waals surface area contributed by atoms with Crippen molar-refractivity contribution in [3.05, 3.63) is 4.60 Å². The standard InChI is InChI=1S/C9H17BrN4O2S/c1-5-7(6(2)3)12-17(15,16)9-8(10)11-13-14(9)4/h6-7,12H,5H2,1-4H3. The van der Waals surface area contributed by atoms with E-state index in [4.69, 9.17) is 0 Å². The molecule has 1 N–H and O–H groups in total. The summed E-state index contributed by atoms with van der Waals surface area (Å²) in [6.07, 6.45) is 0.736. The number of hydrogen-bond donors (Lipinski definition) is 1. The summed E-state index contributed by atoms with van der Waals surface area (Å²) in [6, 6.07) is -0.0956. The van der Waals surface area contributed by atoms with Crippen LogP contribution < -0.4 is 4.72 Å². The fraction of sp³-hybridized carbons (Fsp3) is 0.778. The number of nitrogens with zero attached hydrogens (tertiary/aromatic N) is 3. The number of sulfonamides is 1. The van der Waals surface area contributed by atoms with Crippen LogP contribution in [-0.2, 0) is 17.1 Å². The molecular weight excluding hydrogens is 308 g/mol. The maximum Gasteiger partial charge on any atom is 0.260 e. The van der Waals surface area contributed by atoms with Crippen LogP contribution in [0.2, 0.25) is 0 Å². The van der Waals surface area contributed by atoms with E-state index in [0.717, 1.165) is 6.42 Å². The number of aromatic nitrogens is 3. The lowest BCUT2D eigenvalue weighted by atomic mass is 10.0. The summed E-state index contributed by atoms with van der Waals surface area (Å²) in [5, 5.41) is 7.38. The van der Waals surface area contributed by atoms with Gasteiger partial charge in [0.05, 0.1) is 0 Å². The molecule has 1 atom stereocenters. The average Bonchev–Trinajstić information content (AvgIpc) is 2.55. The molecule has 8 heteroatoms. The van der Waals surface area contributed by atoms with Crippen molar-refractivity contribution in [2.75, 3.05) is 0 Å². The van der Waals surface area contributed by atoms with Crippen molar-refractivity contribution >= 4 is 26.0 Å². The molecule has 1 unspecified atom stereocenters. The maximum atomic E-state index is 12.2. The van der Waals surface area contributed by atoms with E-state index in [2.05, 4.69) is 31.0 Å². The molecule has 1 heterocycles. The third-order valence-corrected chi connectivity index (χ3v) is 4.92. The summed E-state index contributed by atoms with van der Waals surface area (Å²) in [6.45, 7) is 5.91. The van der Waals surface area contributed by atoms with Crippen LogP contribution in [0.5, 0.6) is 0 Å². The first-order chi connectivity index (χ1) is 7.79. The highest BCUT2D eigenvalue weighted by atomic mass is 79.9. The van der Waals surface area contributed by atoms with Gasteiger partial charge in [-0.15, -0.1) is 5.10 Å². The zero-order chi connectivity index (χ0) is 13.2. The zero-order valence-corrected chi connectivity index (χ0v) is 12.7. The molecule has 1 aromatic rings. The van der Waals surface area contributed by atoms with Gasteiger partial charge in [0.15, 0.2) is 4.60 Å². The Balaban J connectivity index is 3.05. The minimum Gasteiger partial charge on any atom is -0.235 e. The molecule has 0 saturated heterocycles. The quantitative estimate of drug-likeness (QED) is 0.885. The molecule has 6 nitrogen and oxygen atoms in total. The van der Waals surface area contributed by atoms with Crippen molar-refractivity contribution in [2.45, 2.75) is 38.3 Å². The SMILES string of the molecule is CCC(NS(=O)(=O)c1c(Br)nnn1C)C(C)C. The van der Waals surface area contributed by atoms with Gasteiger partial charge in [0.1, 0.15) is 0 Å². The molecule has 0 aliphatic rings. The van der Waals surface area contributed by atoms with E-state index in [1.807, 2.05) is 20.8 Å². The molecule has 0 amide bonds. The molecule has 1 aromatic heterocycles. The molecule has 0 aromatic carbocycles. The minimum atomic E-state index is -3.59. The Labute approximate surface area is 110 Å². The van der Waals surface area contributed by atoms with Gasteiger partial charge in [-0.25, -0.2) is 17.8 Å². The molecule has 17 heavy (non-hydrogen) atoms. The molecular formula is C9H17BrN4O2S. The van der Waals surface area contributed by atoms with Crippen molar-refractivity contribution in [3.63, 3.8) is 0 Å². The second-order valence-corrected chi connectivity index (χ2v) is 6.57. The van der Waals surface area contributed by atoms with E-state index < -0.39 is 10.0 Å². The number of rotatable bonds is 5. The molecule has 0 bridgehead atoms. The van der Waals surface area contributed by atoms with Crippen LogP contribution in [0.1, 0.15) is 27.2 Å². The van der Waals surface area contributed by atoms with Gasteiger partial charge >= 0.3 is 0 Å². The number of nitrogens with one attached hydrogen (secondary N) is 1. The van der Waals surface area contributed by atoms with E-state index in [1.165, 1.54) is 4.68 Å². The first-order valence-electron chi connectivity index (χ1n) is 5.37. The second kappa shape index (κ2) is 5.45. The highest BCUT2D eigenvalue weighted by Crippen LogP contribution is 2.19. The van der Waals surface area contributed by atoms with Gasteiger partial charge in [-0.05, 0) is 28.3 Å².